The summed E-state index contributed by atoms with van der Waals surface area (Å²) >= 11 is 0. The van der Waals surface area contributed by atoms with Crippen molar-refractivity contribution in [3.63, 3.8) is 0 Å². The Morgan fingerprint density at radius 1 is 1.27 bits per heavy atom. The lowest BCUT2D eigenvalue weighted by Crippen LogP contribution is -2.53. The molecule has 1 fully saturated rings. The zero-order valence-electron chi connectivity index (χ0n) is 14.3. The van der Waals surface area contributed by atoms with Crippen LogP contribution in [0.25, 0.3) is 0 Å². The van der Waals surface area contributed by atoms with Gasteiger partial charge in [-0.3, -0.25) is 9.59 Å². The summed E-state index contributed by atoms with van der Waals surface area (Å²) in [5.74, 6) is 0.254. The molecule has 2 atom stereocenters. The van der Waals surface area contributed by atoms with Gasteiger partial charge in [-0.1, -0.05) is 26.2 Å². The lowest BCUT2D eigenvalue weighted by molar-refractivity contribution is -0.130. The number of carbonyl (C=O) groups is 2. The van der Waals surface area contributed by atoms with E-state index < -0.39 is 11.6 Å². The fourth-order valence-electron chi connectivity index (χ4n) is 3.00. The van der Waals surface area contributed by atoms with Crippen molar-refractivity contribution >= 4 is 11.8 Å². The first-order chi connectivity index (χ1) is 10.4. The molecule has 2 amide bonds. The van der Waals surface area contributed by atoms with Crippen LogP contribution in [0.3, 0.4) is 0 Å². The third-order valence-corrected chi connectivity index (χ3v) is 4.84. The van der Waals surface area contributed by atoms with Crippen LogP contribution < -0.4 is 10.6 Å². The standard InChI is InChI=1S/C17H32N2O3/c1-4-17(3,10-11-20)19-16(22)13(2)18-15(21)12-14-8-6-5-7-9-14/h13-14,20H,4-12H2,1-3H3,(H,18,21)(H,19,22). The Morgan fingerprint density at radius 3 is 2.45 bits per heavy atom. The Morgan fingerprint density at radius 2 is 1.91 bits per heavy atom. The van der Waals surface area contributed by atoms with Gasteiger partial charge in [0.1, 0.15) is 6.04 Å². The van der Waals surface area contributed by atoms with Crippen LogP contribution in [0, 0.1) is 5.92 Å². The predicted molar refractivity (Wildman–Crippen MR) is 87.3 cm³/mol. The molecule has 0 aromatic carbocycles. The highest BCUT2D eigenvalue weighted by atomic mass is 16.3. The molecule has 22 heavy (non-hydrogen) atoms. The van der Waals surface area contributed by atoms with E-state index in [2.05, 4.69) is 10.6 Å². The second-order valence-corrected chi connectivity index (χ2v) is 6.87. The fourth-order valence-corrected chi connectivity index (χ4v) is 3.00. The molecule has 0 spiro atoms. The highest BCUT2D eigenvalue weighted by Crippen LogP contribution is 2.26. The third kappa shape index (κ3) is 6.34. The van der Waals surface area contributed by atoms with E-state index in [9.17, 15) is 9.59 Å². The van der Waals surface area contributed by atoms with E-state index in [0.717, 1.165) is 19.3 Å². The van der Waals surface area contributed by atoms with Crippen molar-refractivity contribution in [3.8, 4) is 0 Å². The molecule has 0 heterocycles. The van der Waals surface area contributed by atoms with Gasteiger partial charge in [0.2, 0.25) is 11.8 Å². The van der Waals surface area contributed by atoms with Crippen LogP contribution >= 0.6 is 0 Å². The Balaban J connectivity index is 2.40. The minimum absolute atomic E-state index is 0.0325. The van der Waals surface area contributed by atoms with Gasteiger partial charge in [-0.25, -0.2) is 0 Å². The lowest BCUT2D eigenvalue weighted by Gasteiger charge is -2.30. The van der Waals surface area contributed by atoms with E-state index in [4.69, 9.17) is 5.11 Å². The minimum atomic E-state index is -0.541. The maximum Gasteiger partial charge on any atom is 0.242 e. The number of hydrogen-bond acceptors (Lipinski definition) is 3. The molecular weight excluding hydrogens is 280 g/mol. The molecule has 0 bridgehead atoms. The Labute approximate surface area is 134 Å². The molecule has 1 rings (SSSR count). The monoisotopic (exact) mass is 312 g/mol. The number of amides is 2. The fraction of sp³-hybridized carbons (Fsp3) is 0.882. The molecule has 0 aromatic rings. The van der Waals surface area contributed by atoms with Gasteiger partial charge in [0.05, 0.1) is 0 Å². The minimum Gasteiger partial charge on any atom is -0.396 e. The molecule has 0 aromatic heterocycles. The van der Waals surface area contributed by atoms with Gasteiger partial charge in [-0.05, 0) is 45.4 Å². The van der Waals surface area contributed by atoms with Gasteiger partial charge in [-0.15, -0.1) is 0 Å². The van der Waals surface area contributed by atoms with Crippen molar-refractivity contribution in [1.29, 1.82) is 0 Å². The number of rotatable bonds is 8. The average molecular weight is 312 g/mol. The summed E-state index contributed by atoms with van der Waals surface area (Å²) in [5.41, 5.74) is -0.422. The molecule has 2 unspecified atom stereocenters. The van der Waals surface area contributed by atoms with Crippen LogP contribution in [0.15, 0.2) is 0 Å². The molecule has 3 N–H and O–H groups in total. The predicted octanol–water partition coefficient (Wildman–Crippen LogP) is 2.13. The first-order valence-electron chi connectivity index (χ1n) is 8.62. The third-order valence-electron chi connectivity index (χ3n) is 4.84. The summed E-state index contributed by atoms with van der Waals surface area (Å²) in [7, 11) is 0. The highest BCUT2D eigenvalue weighted by molar-refractivity contribution is 5.87. The van der Waals surface area contributed by atoms with Crippen LogP contribution in [0.5, 0.6) is 0 Å². The van der Waals surface area contributed by atoms with E-state index in [-0.39, 0.29) is 18.4 Å². The van der Waals surface area contributed by atoms with Crippen molar-refractivity contribution in [2.75, 3.05) is 6.61 Å². The number of hydrogen-bond donors (Lipinski definition) is 3. The molecule has 1 aliphatic rings. The van der Waals surface area contributed by atoms with E-state index in [1.807, 2.05) is 13.8 Å². The summed E-state index contributed by atoms with van der Waals surface area (Å²) < 4.78 is 0. The average Bonchev–Trinajstić information content (AvgIpc) is 2.48. The molecule has 1 aliphatic carbocycles. The molecule has 0 aliphatic heterocycles. The van der Waals surface area contributed by atoms with E-state index >= 15 is 0 Å². The molecule has 0 radical (unpaired) electrons. The lowest BCUT2D eigenvalue weighted by atomic mass is 9.87. The number of aliphatic hydroxyl groups excluding tert-OH is 1. The second-order valence-electron chi connectivity index (χ2n) is 6.87. The number of carbonyl (C=O) groups excluding carboxylic acids is 2. The summed E-state index contributed by atoms with van der Waals surface area (Å²) in [6.45, 7) is 5.64. The zero-order chi connectivity index (χ0) is 16.6. The largest absolute Gasteiger partial charge is 0.396 e. The molecule has 0 saturated heterocycles. The Kier molecular flexibility index (Phi) is 7.87. The highest BCUT2D eigenvalue weighted by Gasteiger charge is 2.27. The van der Waals surface area contributed by atoms with Gasteiger partial charge in [0.25, 0.3) is 0 Å². The first-order valence-corrected chi connectivity index (χ1v) is 8.62. The van der Waals surface area contributed by atoms with Crippen molar-refractivity contribution in [2.24, 2.45) is 5.92 Å². The van der Waals surface area contributed by atoms with Gasteiger partial charge in [0, 0.05) is 18.6 Å². The molecule has 5 heteroatoms. The number of aliphatic hydroxyl groups is 1. The zero-order valence-corrected chi connectivity index (χ0v) is 14.3. The van der Waals surface area contributed by atoms with Crippen LogP contribution in [-0.4, -0.2) is 35.1 Å². The SMILES string of the molecule is CCC(C)(CCO)NC(=O)C(C)NC(=O)CC1CCCCC1. The summed E-state index contributed by atoms with van der Waals surface area (Å²) in [5, 5.41) is 14.8. The van der Waals surface area contributed by atoms with Crippen LogP contribution in [-0.2, 0) is 9.59 Å². The Hall–Kier alpha value is -1.10. The van der Waals surface area contributed by atoms with Crippen molar-refractivity contribution in [3.05, 3.63) is 0 Å². The Bertz CT molecular complexity index is 367. The van der Waals surface area contributed by atoms with Crippen LogP contribution in [0.4, 0.5) is 0 Å². The summed E-state index contributed by atoms with van der Waals surface area (Å²) in [4.78, 5) is 24.3. The molecule has 128 valence electrons. The quantitative estimate of drug-likeness (QED) is 0.642. The van der Waals surface area contributed by atoms with Crippen molar-refractivity contribution < 1.29 is 14.7 Å². The summed E-state index contributed by atoms with van der Waals surface area (Å²) in [6, 6.07) is -0.541. The second kappa shape index (κ2) is 9.13. The summed E-state index contributed by atoms with van der Waals surface area (Å²) in [6.07, 6.45) is 7.72. The molecular formula is C17H32N2O3. The normalized spacial score (nSPS) is 20.0. The maximum atomic E-state index is 12.2. The number of nitrogens with one attached hydrogen (secondary N) is 2. The van der Waals surface area contributed by atoms with E-state index in [1.165, 1.54) is 19.3 Å². The first kappa shape index (κ1) is 18.9. The van der Waals surface area contributed by atoms with Crippen molar-refractivity contribution in [1.82, 2.24) is 10.6 Å². The van der Waals surface area contributed by atoms with Gasteiger partial charge < -0.3 is 15.7 Å². The topological polar surface area (TPSA) is 78.4 Å². The van der Waals surface area contributed by atoms with Gasteiger partial charge in [0.15, 0.2) is 0 Å². The molecule has 5 nitrogen and oxygen atoms in total. The van der Waals surface area contributed by atoms with Crippen LogP contribution in [0.1, 0.15) is 72.1 Å². The maximum absolute atomic E-state index is 12.2. The smallest absolute Gasteiger partial charge is 0.242 e. The van der Waals surface area contributed by atoms with Gasteiger partial charge >= 0.3 is 0 Å². The molecule has 1 saturated carbocycles. The van der Waals surface area contributed by atoms with Crippen LogP contribution in [0.2, 0.25) is 0 Å². The van der Waals surface area contributed by atoms with E-state index in [1.54, 1.807) is 6.92 Å². The van der Waals surface area contributed by atoms with E-state index in [0.29, 0.717) is 18.8 Å². The van der Waals surface area contributed by atoms with Gasteiger partial charge in [-0.2, -0.15) is 0 Å². The van der Waals surface area contributed by atoms with Crippen molar-refractivity contribution in [2.45, 2.75) is 83.7 Å².